The lowest BCUT2D eigenvalue weighted by Gasteiger charge is -2.28. The number of urea groups is 1. The van der Waals surface area contributed by atoms with Gasteiger partial charge in [0.25, 0.3) is 0 Å². The van der Waals surface area contributed by atoms with E-state index in [2.05, 4.69) is 10.6 Å². The summed E-state index contributed by atoms with van der Waals surface area (Å²) < 4.78 is 16.0. The second-order valence-electron chi connectivity index (χ2n) is 5.31. The summed E-state index contributed by atoms with van der Waals surface area (Å²) in [4.78, 5) is 24.3. The Bertz CT molecular complexity index is 704. The average Bonchev–Trinajstić information content (AvgIpc) is 3.01. The van der Waals surface area contributed by atoms with E-state index in [1.54, 1.807) is 36.9 Å². The lowest BCUT2D eigenvalue weighted by molar-refractivity contribution is -0.138. The Labute approximate surface area is 143 Å². The van der Waals surface area contributed by atoms with E-state index in [9.17, 15) is 9.59 Å². The smallest absolute Gasteiger partial charge is 0.338 e. The van der Waals surface area contributed by atoms with Crippen molar-refractivity contribution in [3.63, 3.8) is 0 Å². The zero-order valence-corrected chi connectivity index (χ0v) is 14.2. The average molecular weight is 350 g/mol. The number of allylic oxidation sites excluding steroid dienone is 1. The molecule has 0 spiro atoms. The van der Waals surface area contributed by atoms with Crippen LogP contribution in [0, 0.1) is 0 Å². The van der Waals surface area contributed by atoms with Gasteiger partial charge in [0.15, 0.2) is 11.5 Å². The molecule has 3 rings (SSSR count). The van der Waals surface area contributed by atoms with Crippen LogP contribution < -0.4 is 20.1 Å². The van der Waals surface area contributed by atoms with Crippen molar-refractivity contribution in [3.8, 4) is 11.5 Å². The number of ether oxygens (including phenoxy) is 3. The number of hydrogen-bond donors (Lipinski definition) is 2. The molecule has 2 N–H and O–H groups in total. The largest absolute Gasteiger partial charge is 0.461 e. The molecule has 0 saturated carbocycles. The molecule has 1 aromatic rings. The molecule has 128 valence electrons. The number of carbonyl (C=O) groups excluding carboxylic acids is 2. The Morgan fingerprint density at radius 2 is 2.17 bits per heavy atom. The molecule has 2 heterocycles. The van der Waals surface area contributed by atoms with Gasteiger partial charge in [-0.15, -0.1) is 0 Å². The van der Waals surface area contributed by atoms with Crippen LogP contribution in [0.1, 0.15) is 18.5 Å². The Kier molecular flexibility index (Phi) is 4.84. The predicted octanol–water partition coefficient (Wildman–Crippen LogP) is 1.95. The van der Waals surface area contributed by atoms with Crippen LogP contribution >= 0.6 is 11.8 Å². The summed E-state index contributed by atoms with van der Waals surface area (Å²) in [7, 11) is 0. The summed E-state index contributed by atoms with van der Waals surface area (Å²) in [5.74, 6) is 1.50. The molecule has 0 unspecified atom stereocenters. The highest BCUT2D eigenvalue weighted by atomic mass is 32.2. The van der Waals surface area contributed by atoms with E-state index < -0.39 is 12.0 Å². The third-order valence-electron chi connectivity index (χ3n) is 3.74. The number of esters is 1. The number of benzene rings is 1. The normalized spacial score (nSPS) is 18.9. The minimum absolute atomic E-state index is 0.163. The molecule has 8 heteroatoms. The Morgan fingerprint density at radius 1 is 1.38 bits per heavy atom. The van der Waals surface area contributed by atoms with Crippen molar-refractivity contribution >= 4 is 23.8 Å². The monoisotopic (exact) mass is 350 g/mol. The van der Waals surface area contributed by atoms with Crippen LogP contribution in [0.25, 0.3) is 0 Å². The topological polar surface area (TPSA) is 85.9 Å². The van der Waals surface area contributed by atoms with E-state index in [4.69, 9.17) is 14.2 Å². The van der Waals surface area contributed by atoms with Crippen molar-refractivity contribution in [2.45, 2.75) is 13.0 Å². The second-order valence-corrected chi connectivity index (χ2v) is 6.30. The maximum absolute atomic E-state index is 12.5. The van der Waals surface area contributed by atoms with Gasteiger partial charge < -0.3 is 24.8 Å². The van der Waals surface area contributed by atoms with Crippen molar-refractivity contribution in [2.75, 3.05) is 25.4 Å². The fraction of sp³-hybridized carbons (Fsp3) is 0.375. The molecule has 1 aromatic carbocycles. The molecule has 2 amide bonds. The van der Waals surface area contributed by atoms with E-state index >= 15 is 0 Å². The van der Waals surface area contributed by atoms with Gasteiger partial charge in [-0.2, -0.15) is 11.8 Å². The maximum Gasteiger partial charge on any atom is 0.338 e. The van der Waals surface area contributed by atoms with Gasteiger partial charge in [-0.25, -0.2) is 9.59 Å². The molecule has 7 nitrogen and oxygen atoms in total. The fourth-order valence-electron chi connectivity index (χ4n) is 2.60. The van der Waals surface area contributed by atoms with Crippen LogP contribution in [-0.2, 0) is 9.53 Å². The van der Waals surface area contributed by atoms with Crippen LogP contribution in [0.5, 0.6) is 11.5 Å². The molecular weight excluding hydrogens is 332 g/mol. The van der Waals surface area contributed by atoms with E-state index in [1.165, 1.54) is 0 Å². The predicted molar refractivity (Wildman–Crippen MR) is 89.0 cm³/mol. The molecule has 24 heavy (non-hydrogen) atoms. The molecule has 0 radical (unpaired) electrons. The van der Waals surface area contributed by atoms with Gasteiger partial charge in [0.2, 0.25) is 6.79 Å². The summed E-state index contributed by atoms with van der Waals surface area (Å²) in [5.41, 5.74) is 1.59. The van der Waals surface area contributed by atoms with E-state index in [0.29, 0.717) is 35.1 Å². The summed E-state index contributed by atoms with van der Waals surface area (Å²) in [6.45, 7) is 2.16. The quantitative estimate of drug-likeness (QED) is 0.624. The first kappa shape index (κ1) is 16.5. The molecule has 2 aliphatic rings. The van der Waals surface area contributed by atoms with Crippen LogP contribution in [0.15, 0.2) is 29.5 Å². The van der Waals surface area contributed by atoms with Gasteiger partial charge in [0, 0.05) is 11.4 Å². The van der Waals surface area contributed by atoms with Crippen molar-refractivity contribution < 1.29 is 23.8 Å². The third-order valence-corrected chi connectivity index (χ3v) is 4.31. The molecule has 0 aliphatic carbocycles. The zero-order valence-electron chi connectivity index (χ0n) is 13.4. The minimum atomic E-state index is -0.602. The number of carbonyl (C=O) groups is 2. The van der Waals surface area contributed by atoms with Gasteiger partial charge in [-0.05, 0) is 30.9 Å². The number of hydrogen-bond acceptors (Lipinski definition) is 6. The second kappa shape index (κ2) is 7.04. The van der Waals surface area contributed by atoms with E-state index in [-0.39, 0.29) is 12.8 Å². The molecule has 0 fully saturated rings. The molecule has 0 bridgehead atoms. The summed E-state index contributed by atoms with van der Waals surface area (Å²) >= 11 is 1.59. The highest BCUT2D eigenvalue weighted by Crippen LogP contribution is 2.36. The van der Waals surface area contributed by atoms with Gasteiger partial charge >= 0.3 is 12.0 Å². The Morgan fingerprint density at radius 3 is 2.96 bits per heavy atom. The fourth-order valence-corrected chi connectivity index (χ4v) is 2.85. The van der Waals surface area contributed by atoms with Crippen molar-refractivity contribution in [1.29, 1.82) is 0 Å². The van der Waals surface area contributed by atoms with Gasteiger partial charge in [0.1, 0.15) is 6.61 Å². The maximum atomic E-state index is 12.5. The Balaban J connectivity index is 1.89. The van der Waals surface area contributed by atoms with Crippen molar-refractivity contribution in [1.82, 2.24) is 10.6 Å². The third kappa shape index (κ3) is 3.28. The van der Waals surface area contributed by atoms with Crippen molar-refractivity contribution in [2.24, 2.45) is 0 Å². The first-order valence-corrected chi connectivity index (χ1v) is 8.83. The van der Waals surface area contributed by atoms with Crippen LogP contribution in [-0.4, -0.2) is 37.4 Å². The number of nitrogens with one attached hydrogen (secondary N) is 2. The highest BCUT2D eigenvalue weighted by Gasteiger charge is 2.33. The van der Waals surface area contributed by atoms with Crippen LogP contribution in [0.4, 0.5) is 4.79 Å². The molecule has 2 aliphatic heterocycles. The number of rotatable bonds is 5. The van der Waals surface area contributed by atoms with Gasteiger partial charge in [-0.1, -0.05) is 6.07 Å². The molecular formula is C16H18N2O5S. The molecule has 0 aromatic heterocycles. The zero-order chi connectivity index (χ0) is 17.1. The van der Waals surface area contributed by atoms with Gasteiger partial charge in [-0.3, -0.25) is 0 Å². The number of thioether (sulfide) groups is 1. The molecule has 0 saturated heterocycles. The lowest BCUT2D eigenvalue weighted by atomic mass is 9.95. The summed E-state index contributed by atoms with van der Waals surface area (Å²) in [5, 5.41) is 5.39. The minimum Gasteiger partial charge on any atom is -0.461 e. The SMILES string of the molecule is CSCCOC(=O)C1=C(C)NC(=O)N[C@@H]1c1ccc2c(c1)OCO2. The first-order valence-electron chi connectivity index (χ1n) is 7.44. The summed E-state index contributed by atoms with van der Waals surface area (Å²) in [6.07, 6.45) is 1.94. The van der Waals surface area contributed by atoms with Gasteiger partial charge in [0.05, 0.1) is 11.6 Å². The number of fused-ring (bicyclic) bond motifs is 1. The lowest BCUT2D eigenvalue weighted by Crippen LogP contribution is -2.45. The van der Waals surface area contributed by atoms with E-state index in [1.807, 2.05) is 6.26 Å². The highest BCUT2D eigenvalue weighted by molar-refractivity contribution is 7.98. The standard InChI is InChI=1S/C16H18N2O5S/c1-9-13(15(19)21-5-6-24-2)14(18-16(20)17-9)10-3-4-11-12(7-10)23-8-22-11/h3-4,7,14H,5-6,8H2,1-2H3,(H2,17,18,20)/t14-/m1/s1. The van der Waals surface area contributed by atoms with Crippen LogP contribution in [0.3, 0.4) is 0 Å². The Hall–Kier alpha value is -2.35. The first-order chi connectivity index (χ1) is 11.6. The van der Waals surface area contributed by atoms with E-state index in [0.717, 1.165) is 5.56 Å². The molecule has 1 atom stereocenters. The summed E-state index contributed by atoms with van der Waals surface area (Å²) in [6, 6.07) is 4.36. The van der Waals surface area contributed by atoms with Crippen LogP contribution in [0.2, 0.25) is 0 Å². The number of amides is 2. The van der Waals surface area contributed by atoms with Crippen molar-refractivity contribution in [3.05, 3.63) is 35.0 Å².